The lowest BCUT2D eigenvalue weighted by Crippen LogP contribution is -2.41. The Hall–Kier alpha value is -2.15. The molecule has 0 bridgehead atoms. The third kappa shape index (κ3) is 2.65. The number of aliphatic hydroxyl groups excluding tert-OH is 1. The van der Waals surface area contributed by atoms with Gasteiger partial charge in [-0.3, -0.25) is 10.1 Å². The Bertz CT molecular complexity index is 618. The largest absolute Gasteiger partial charge is 0.423 e. The van der Waals surface area contributed by atoms with Crippen molar-refractivity contribution >= 4 is 22.8 Å². The average molecular weight is 265 g/mol. The Morgan fingerprint density at radius 1 is 1.53 bits per heavy atom. The molecule has 0 fully saturated rings. The molecule has 0 aliphatic carbocycles. The summed E-state index contributed by atoms with van der Waals surface area (Å²) in [5.74, 6) is 0. The van der Waals surface area contributed by atoms with E-state index in [9.17, 15) is 15.2 Å². The van der Waals surface area contributed by atoms with Crippen molar-refractivity contribution in [3.8, 4) is 0 Å². The summed E-state index contributed by atoms with van der Waals surface area (Å²) >= 11 is 0. The summed E-state index contributed by atoms with van der Waals surface area (Å²) in [5, 5.41) is 23.2. The van der Waals surface area contributed by atoms with Crippen molar-refractivity contribution in [3.05, 3.63) is 28.3 Å². The number of rotatable bonds is 4. The third-order valence-electron chi connectivity index (χ3n) is 3.06. The van der Waals surface area contributed by atoms with Gasteiger partial charge >= 0.3 is 0 Å². The molecular weight excluding hydrogens is 250 g/mol. The van der Waals surface area contributed by atoms with Crippen molar-refractivity contribution in [2.75, 3.05) is 5.32 Å². The van der Waals surface area contributed by atoms with Gasteiger partial charge in [0.15, 0.2) is 5.58 Å². The molecule has 19 heavy (non-hydrogen) atoms. The van der Waals surface area contributed by atoms with Crippen LogP contribution in [-0.2, 0) is 0 Å². The first-order chi connectivity index (χ1) is 8.79. The standard InChI is InChI=1S/C12H15N3O4/c1-7(16)12(2,3)14-11-13-9-5-4-8(15(17)18)6-10(9)19-11/h4-7,16H,1-3H3,(H,13,14). The molecule has 2 N–H and O–H groups in total. The first-order valence-corrected chi connectivity index (χ1v) is 5.81. The second kappa shape index (κ2) is 4.51. The Kier molecular flexibility index (Phi) is 3.15. The number of aromatic nitrogens is 1. The number of nitro groups is 1. The molecule has 0 aliphatic heterocycles. The lowest BCUT2D eigenvalue weighted by atomic mass is 9.99. The van der Waals surface area contributed by atoms with Gasteiger partial charge in [0.2, 0.25) is 0 Å². The highest BCUT2D eigenvalue weighted by Gasteiger charge is 2.26. The number of oxazole rings is 1. The molecule has 0 amide bonds. The van der Waals surface area contributed by atoms with Crippen molar-refractivity contribution in [3.63, 3.8) is 0 Å². The van der Waals surface area contributed by atoms with E-state index in [1.165, 1.54) is 18.2 Å². The number of fused-ring (bicyclic) bond motifs is 1. The van der Waals surface area contributed by atoms with Gasteiger partial charge in [0.05, 0.1) is 22.6 Å². The maximum absolute atomic E-state index is 10.7. The summed E-state index contributed by atoms with van der Waals surface area (Å²) in [5.41, 5.74) is 0.185. The second-order valence-electron chi connectivity index (χ2n) is 4.95. The predicted molar refractivity (Wildman–Crippen MR) is 70.0 cm³/mol. The van der Waals surface area contributed by atoms with Crippen molar-refractivity contribution in [2.45, 2.75) is 32.4 Å². The fourth-order valence-electron chi connectivity index (χ4n) is 1.46. The van der Waals surface area contributed by atoms with Gasteiger partial charge in [-0.15, -0.1) is 0 Å². The number of anilines is 1. The molecule has 1 aromatic carbocycles. The van der Waals surface area contributed by atoms with Gasteiger partial charge in [0.1, 0.15) is 5.52 Å². The van der Waals surface area contributed by atoms with Crippen LogP contribution in [0.4, 0.5) is 11.7 Å². The summed E-state index contributed by atoms with van der Waals surface area (Å²) in [4.78, 5) is 14.3. The van der Waals surface area contributed by atoms with E-state index in [2.05, 4.69) is 10.3 Å². The monoisotopic (exact) mass is 265 g/mol. The van der Waals surface area contributed by atoms with Crippen molar-refractivity contribution in [1.82, 2.24) is 4.98 Å². The van der Waals surface area contributed by atoms with Crippen LogP contribution in [0.15, 0.2) is 22.6 Å². The van der Waals surface area contributed by atoms with Crippen LogP contribution in [0, 0.1) is 10.1 Å². The molecule has 0 aliphatic rings. The lowest BCUT2D eigenvalue weighted by molar-refractivity contribution is -0.384. The Morgan fingerprint density at radius 3 is 2.79 bits per heavy atom. The van der Waals surface area contributed by atoms with E-state index in [4.69, 9.17) is 4.42 Å². The van der Waals surface area contributed by atoms with E-state index in [1.807, 2.05) is 0 Å². The Balaban J connectivity index is 2.34. The molecule has 1 heterocycles. The van der Waals surface area contributed by atoms with Crippen LogP contribution in [0.3, 0.4) is 0 Å². The zero-order chi connectivity index (χ0) is 14.2. The molecule has 7 heteroatoms. The van der Waals surface area contributed by atoms with Crippen molar-refractivity contribution in [1.29, 1.82) is 0 Å². The van der Waals surface area contributed by atoms with E-state index in [0.717, 1.165) is 0 Å². The molecule has 2 aromatic rings. The minimum absolute atomic E-state index is 0.0509. The number of hydrogen-bond donors (Lipinski definition) is 2. The fourth-order valence-corrected chi connectivity index (χ4v) is 1.46. The van der Waals surface area contributed by atoms with E-state index >= 15 is 0 Å². The van der Waals surface area contributed by atoms with Crippen LogP contribution in [0.5, 0.6) is 0 Å². The van der Waals surface area contributed by atoms with E-state index in [1.54, 1.807) is 20.8 Å². The van der Waals surface area contributed by atoms with Crippen LogP contribution in [-0.4, -0.2) is 26.7 Å². The molecule has 0 radical (unpaired) electrons. The molecule has 1 atom stereocenters. The normalized spacial score (nSPS) is 13.5. The molecule has 2 rings (SSSR count). The molecule has 1 aromatic heterocycles. The molecule has 0 saturated heterocycles. The highest BCUT2D eigenvalue weighted by molar-refractivity contribution is 5.77. The maximum Gasteiger partial charge on any atom is 0.296 e. The minimum Gasteiger partial charge on any atom is -0.423 e. The summed E-state index contributed by atoms with van der Waals surface area (Å²) < 4.78 is 5.41. The first kappa shape index (κ1) is 13.3. The van der Waals surface area contributed by atoms with Gasteiger partial charge in [-0.05, 0) is 26.8 Å². The molecule has 0 saturated carbocycles. The summed E-state index contributed by atoms with van der Waals surface area (Å²) in [6.45, 7) is 5.25. The number of non-ortho nitro benzene ring substituents is 1. The summed E-state index contributed by atoms with van der Waals surface area (Å²) in [6, 6.07) is 4.44. The first-order valence-electron chi connectivity index (χ1n) is 5.81. The fraction of sp³-hybridized carbons (Fsp3) is 0.417. The van der Waals surface area contributed by atoms with Crippen LogP contribution in [0.2, 0.25) is 0 Å². The number of hydrogen-bond acceptors (Lipinski definition) is 6. The van der Waals surface area contributed by atoms with Gasteiger partial charge in [-0.1, -0.05) is 0 Å². The van der Waals surface area contributed by atoms with E-state index in [-0.39, 0.29) is 11.7 Å². The topological polar surface area (TPSA) is 101 Å². The van der Waals surface area contributed by atoms with Gasteiger partial charge < -0.3 is 14.8 Å². The number of nitrogens with zero attached hydrogens (tertiary/aromatic N) is 2. The molecular formula is C12H15N3O4. The van der Waals surface area contributed by atoms with Gasteiger partial charge in [0, 0.05) is 6.07 Å². The maximum atomic E-state index is 10.7. The van der Waals surface area contributed by atoms with Crippen LogP contribution < -0.4 is 5.32 Å². The number of aliphatic hydroxyl groups is 1. The molecule has 0 spiro atoms. The van der Waals surface area contributed by atoms with Crippen LogP contribution in [0.25, 0.3) is 11.1 Å². The minimum atomic E-state index is -0.618. The summed E-state index contributed by atoms with van der Waals surface area (Å²) in [7, 11) is 0. The SMILES string of the molecule is CC(O)C(C)(C)Nc1nc2ccc([N+](=O)[O-])cc2o1. The third-order valence-corrected chi connectivity index (χ3v) is 3.06. The van der Waals surface area contributed by atoms with Gasteiger partial charge in [0.25, 0.3) is 11.7 Å². The quantitative estimate of drug-likeness (QED) is 0.649. The molecule has 102 valence electrons. The van der Waals surface area contributed by atoms with Crippen LogP contribution >= 0.6 is 0 Å². The second-order valence-corrected chi connectivity index (χ2v) is 4.95. The van der Waals surface area contributed by atoms with E-state index in [0.29, 0.717) is 11.1 Å². The molecule has 7 nitrogen and oxygen atoms in total. The average Bonchev–Trinajstić information content (AvgIpc) is 2.68. The highest BCUT2D eigenvalue weighted by atomic mass is 16.6. The summed E-state index contributed by atoms with van der Waals surface area (Å²) in [6.07, 6.45) is -0.614. The predicted octanol–water partition coefficient (Wildman–Crippen LogP) is 2.31. The number of nitro benzene ring substituents is 1. The van der Waals surface area contributed by atoms with Crippen molar-refractivity contribution in [2.24, 2.45) is 0 Å². The highest BCUT2D eigenvalue weighted by Crippen LogP contribution is 2.25. The zero-order valence-corrected chi connectivity index (χ0v) is 10.9. The van der Waals surface area contributed by atoms with Crippen LogP contribution in [0.1, 0.15) is 20.8 Å². The number of nitrogens with one attached hydrogen (secondary N) is 1. The Morgan fingerprint density at radius 2 is 2.21 bits per heavy atom. The van der Waals surface area contributed by atoms with E-state index < -0.39 is 16.6 Å². The number of benzene rings is 1. The van der Waals surface area contributed by atoms with Crippen molar-refractivity contribution < 1.29 is 14.4 Å². The zero-order valence-electron chi connectivity index (χ0n) is 10.9. The smallest absolute Gasteiger partial charge is 0.296 e. The Labute approximate surface area is 109 Å². The van der Waals surface area contributed by atoms with Gasteiger partial charge in [-0.2, -0.15) is 4.98 Å². The lowest BCUT2D eigenvalue weighted by Gasteiger charge is -2.28. The van der Waals surface area contributed by atoms with Gasteiger partial charge in [-0.25, -0.2) is 0 Å². The molecule has 1 unspecified atom stereocenters.